The molecule has 1 saturated carbocycles. The van der Waals surface area contributed by atoms with E-state index >= 15 is 0 Å². The first-order valence-electron chi connectivity index (χ1n) is 7.92. The predicted molar refractivity (Wildman–Crippen MR) is 91.7 cm³/mol. The molecule has 0 spiro atoms. The maximum Gasteiger partial charge on any atom is 0.326 e. The second-order valence-electron chi connectivity index (χ2n) is 5.91. The highest BCUT2D eigenvalue weighted by molar-refractivity contribution is 7.80. The average Bonchev–Trinajstić information content (AvgIpc) is 2.53. The largest absolute Gasteiger partial charge is 0.480 e. The molecular weight excluding hydrogens is 296 g/mol. The number of hydrogen-bond donors (Lipinski definition) is 2. The minimum Gasteiger partial charge on any atom is -0.480 e. The lowest BCUT2D eigenvalue weighted by Gasteiger charge is -2.33. The SMILES string of the molecule is CC(C(=O)O)N(Cc1ccccc1)C(=S)NC1CCCCC1. The molecule has 1 aromatic rings. The second-order valence-corrected chi connectivity index (χ2v) is 6.30. The summed E-state index contributed by atoms with van der Waals surface area (Å²) in [5.41, 5.74) is 1.06. The van der Waals surface area contributed by atoms with Crippen molar-refractivity contribution < 1.29 is 9.90 Å². The number of benzene rings is 1. The van der Waals surface area contributed by atoms with E-state index in [1.54, 1.807) is 11.8 Å². The standard InChI is InChI=1S/C17H24N2O2S/c1-13(16(20)21)19(12-14-8-4-2-5-9-14)17(22)18-15-10-6-3-7-11-15/h2,4-5,8-9,13,15H,3,6-7,10-12H2,1H3,(H,18,22)(H,20,21). The molecule has 2 N–H and O–H groups in total. The fourth-order valence-electron chi connectivity index (χ4n) is 2.80. The van der Waals surface area contributed by atoms with Gasteiger partial charge in [-0.25, -0.2) is 4.79 Å². The van der Waals surface area contributed by atoms with Gasteiger partial charge in [-0.2, -0.15) is 0 Å². The molecule has 0 saturated heterocycles. The first-order valence-corrected chi connectivity index (χ1v) is 8.32. The van der Waals surface area contributed by atoms with Crippen LogP contribution in [0.4, 0.5) is 0 Å². The molecule has 22 heavy (non-hydrogen) atoms. The summed E-state index contributed by atoms with van der Waals surface area (Å²) in [5.74, 6) is -0.858. The van der Waals surface area contributed by atoms with Gasteiger partial charge < -0.3 is 15.3 Å². The van der Waals surface area contributed by atoms with Crippen molar-refractivity contribution in [2.45, 2.75) is 57.7 Å². The van der Waals surface area contributed by atoms with E-state index in [0.29, 0.717) is 17.7 Å². The minimum atomic E-state index is -0.858. The zero-order valence-electron chi connectivity index (χ0n) is 13.0. The van der Waals surface area contributed by atoms with E-state index in [-0.39, 0.29) is 0 Å². The third-order valence-electron chi connectivity index (χ3n) is 4.21. The van der Waals surface area contributed by atoms with Crippen LogP contribution in [0.1, 0.15) is 44.6 Å². The van der Waals surface area contributed by atoms with Gasteiger partial charge in [0.05, 0.1) is 0 Å². The molecule has 1 unspecified atom stereocenters. The monoisotopic (exact) mass is 320 g/mol. The van der Waals surface area contributed by atoms with Crippen molar-refractivity contribution in [3.63, 3.8) is 0 Å². The average molecular weight is 320 g/mol. The van der Waals surface area contributed by atoms with Crippen LogP contribution < -0.4 is 5.32 Å². The lowest BCUT2D eigenvalue weighted by Crippen LogP contribution is -2.50. The van der Waals surface area contributed by atoms with Crippen LogP contribution in [-0.4, -0.2) is 33.2 Å². The number of aliphatic carboxylic acids is 1. The summed E-state index contributed by atoms with van der Waals surface area (Å²) in [7, 11) is 0. The van der Waals surface area contributed by atoms with Crippen molar-refractivity contribution >= 4 is 23.3 Å². The van der Waals surface area contributed by atoms with E-state index in [9.17, 15) is 9.90 Å². The Kier molecular flexibility index (Phi) is 6.19. The van der Waals surface area contributed by atoms with Gasteiger partial charge in [0, 0.05) is 12.6 Å². The van der Waals surface area contributed by atoms with Crippen LogP contribution in [0.15, 0.2) is 30.3 Å². The smallest absolute Gasteiger partial charge is 0.326 e. The third-order valence-corrected chi connectivity index (χ3v) is 4.57. The number of hydrogen-bond acceptors (Lipinski definition) is 2. The highest BCUT2D eigenvalue weighted by atomic mass is 32.1. The minimum absolute atomic E-state index is 0.375. The number of rotatable bonds is 5. The Balaban J connectivity index is 2.05. The van der Waals surface area contributed by atoms with Gasteiger partial charge in [0.15, 0.2) is 5.11 Å². The number of carboxylic acids is 1. The van der Waals surface area contributed by atoms with E-state index in [1.807, 2.05) is 30.3 Å². The Morgan fingerprint density at radius 1 is 1.32 bits per heavy atom. The molecule has 1 aliphatic rings. The van der Waals surface area contributed by atoms with Gasteiger partial charge in [0.2, 0.25) is 0 Å². The summed E-state index contributed by atoms with van der Waals surface area (Å²) in [4.78, 5) is 13.2. The fourth-order valence-corrected chi connectivity index (χ4v) is 3.19. The van der Waals surface area contributed by atoms with Crippen molar-refractivity contribution in [1.82, 2.24) is 10.2 Å². The highest BCUT2D eigenvalue weighted by Gasteiger charge is 2.25. The van der Waals surface area contributed by atoms with Gasteiger partial charge >= 0.3 is 5.97 Å². The van der Waals surface area contributed by atoms with Crippen molar-refractivity contribution in [1.29, 1.82) is 0 Å². The molecule has 120 valence electrons. The molecule has 2 rings (SSSR count). The Morgan fingerprint density at radius 3 is 2.55 bits per heavy atom. The number of carbonyl (C=O) groups is 1. The topological polar surface area (TPSA) is 52.6 Å². The first-order chi connectivity index (χ1) is 10.6. The first kappa shape index (κ1) is 16.7. The maximum absolute atomic E-state index is 11.4. The van der Waals surface area contributed by atoms with E-state index in [0.717, 1.165) is 18.4 Å². The Hall–Kier alpha value is -1.62. The number of nitrogens with zero attached hydrogens (tertiary/aromatic N) is 1. The van der Waals surface area contributed by atoms with Crippen molar-refractivity contribution in [3.8, 4) is 0 Å². The quantitative estimate of drug-likeness (QED) is 0.816. The fraction of sp³-hybridized carbons (Fsp3) is 0.529. The third kappa shape index (κ3) is 4.70. The van der Waals surface area contributed by atoms with Gasteiger partial charge in [-0.1, -0.05) is 49.6 Å². The van der Waals surface area contributed by atoms with Gasteiger partial charge in [-0.3, -0.25) is 0 Å². The number of nitrogens with one attached hydrogen (secondary N) is 1. The molecule has 0 aliphatic heterocycles. The molecule has 0 aromatic heterocycles. The Morgan fingerprint density at radius 2 is 1.95 bits per heavy atom. The molecule has 1 atom stereocenters. The number of carboxylic acid groups (broad SMARTS) is 1. The van der Waals surface area contributed by atoms with Crippen LogP contribution in [0.2, 0.25) is 0 Å². The van der Waals surface area contributed by atoms with Crippen LogP contribution in [0.25, 0.3) is 0 Å². The van der Waals surface area contributed by atoms with E-state index in [1.165, 1.54) is 19.3 Å². The highest BCUT2D eigenvalue weighted by Crippen LogP contribution is 2.18. The van der Waals surface area contributed by atoms with Gasteiger partial charge in [0.1, 0.15) is 6.04 Å². The molecule has 0 amide bonds. The lowest BCUT2D eigenvalue weighted by atomic mass is 9.96. The van der Waals surface area contributed by atoms with Gasteiger partial charge in [0.25, 0.3) is 0 Å². The van der Waals surface area contributed by atoms with Crippen LogP contribution in [-0.2, 0) is 11.3 Å². The van der Waals surface area contributed by atoms with E-state index < -0.39 is 12.0 Å². The summed E-state index contributed by atoms with van der Waals surface area (Å²) in [6, 6.07) is 9.57. The van der Waals surface area contributed by atoms with E-state index in [2.05, 4.69) is 5.32 Å². The zero-order valence-corrected chi connectivity index (χ0v) is 13.8. The Bertz CT molecular complexity index is 501. The summed E-state index contributed by atoms with van der Waals surface area (Å²) < 4.78 is 0. The molecular formula is C17H24N2O2S. The summed E-state index contributed by atoms with van der Waals surface area (Å²) in [5, 5.41) is 13.3. The van der Waals surface area contributed by atoms with Crippen LogP contribution in [0.5, 0.6) is 0 Å². The number of thiocarbonyl (C=S) groups is 1. The molecule has 4 nitrogen and oxygen atoms in total. The maximum atomic E-state index is 11.4. The molecule has 1 aromatic carbocycles. The molecule has 0 radical (unpaired) electrons. The van der Waals surface area contributed by atoms with Crippen LogP contribution in [0, 0.1) is 0 Å². The molecule has 0 heterocycles. The summed E-state index contributed by atoms with van der Waals surface area (Å²) in [6.45, 7) is 2.19. The molecule has 1 aliphatic carbocycles. The molecule has 1 fully saturated rings. The predicted octanol–water partition coefficient (Wildman–Crippen LogP) is 3.17. The summed E-state index contributed by atoms with van der Waals surface area (Å²) >= 11 is 5.50. The molecule has 0 bridgehead atoms. The van der Waals surface area contributed by atoms with Crippen molar-refractivity contribution in [2.24, 2.45) is 0 Å². The van der Waals surface area contributed by atoms with Crippen molar-refractivity contribution in [2.75, 3.05) is 0 Å². The zero-order chi connectivity index (χ0) is 15.9. The van der Waals surface area contributed by atoms with Gasteiger partial charge in [-0.15, -0.1) is 0 Å². The Labute approximate surface area is 137 Å². The normalized spacial score (nSPS) is 16.8. The van der Waals surface area contributed by atoms with E-state index in [4.69, 9.17) is 12.2 Å². The lowest BCUT2D eigenvalue weighted by molar-refractivity contribution is -0.141. The summed E-state index contributed by atoms with van der Waals surface area (Å²) in [6.07, 6.45) is 5.94. The molecule has 5 heteroatoms. The second kappa shape index (κ2) is 8.13. The van der Waals surface area contributed by atoms with Crippen LogP contribution >= 0.6 is 12.2 Å². The van der Waals surface area contributed by atoms with Gasteiger partial charge in [-0.05, 0) is 37.5 Å². The van der Waals surface area contributed by atoms with Crippen molar-refractivity contribution in [3.05, 3.63) is 35.9 Å². The van der Waals surface area contributed by atoms with Crippen LogP contribution in [0.3, 0.4) is 0 Å².